The average Bonchev–Trinajstić information content (AvgIpc) is 3.14. The van der Waals surface area contributed by atoms with Gasteiger partial charge in [0.2, 0.25) is 0 Å². The monoisotopic (exact) mass is 586 g/mol. The first-order chi connectivity index (χ1) is 22.7. The van der Waals surface area contributed by atoms with Crippen LogP contribution in [-0.4, -0.2) is 15.0 Å². The van der Waals surface area contributed by atoms with E-state index in [1.54, 1.807) is 12.4 Å². The summed E-state index contributed by atoms with van der Waals surface area (Å²) in [6, 6.07) is 52.3. The summed E-state index contributed by atoms with van der Waals surface area (Å²) in [4.78, 5) is 14.2. The normalized spacial score (nSPS) is 11.0. The topological polar surface area (TPSA) is 62.5 Å². The Balaban J connectivity index is 1.29. The van der Waals surface area contributed by atoms with Crippen molar-refractivity contribution in [3.63, 3.8) is 0 Å². The first-order valence-corrected chi connectivity index (χ1v) is 15.1. The van der Waals surface area contributed by atoms with Gasteiger partial charge in [0.05, 0.1) is 34.4 Å². The molecule has 46 heavy (non-hydrogen) atoms. The van der Waals surface area contributed by atoms with Crippen molar-refractivity contribution in [1.29, 1.82) is 5.26 Å². The second kappa shape index (κ2) is 11.6. The van der Waals surface area contributed by atoms with E-state index in [0.717, 1.165) is 66.9 Å². The lowest BCUT2D eigenvalue weighted by molar-refractivity contribution is 1.22. The fourth-order valence-corrected chi connectivity index (χ4v) is 6.04. The van der Waals surface area contributed by atoms with Gasteiger partial charge in [0.15, 0.2) is 0 Å². The summed E-state index contributed by atoms with van der Waals surface area (Å²) in [5.74, 6) is 0. The summed E-state index contributed by atoms with van der Waals surface area (Å²) >= 11 is 0. The minimum Gasteiger partial charge on any atom is -0.255 e. The number of pyridine rings is 3. The molecule has 0 aliphatic carbocycles. The second-order valence-electron chi connectivity index (χ2n) is 11.3. The highest BCUT2D eigenvalue weighted by Crippen LogP contribution is 2.38. The van der Waals surface area contributed by atoms with E-state index in [0.29, 0.717) is 5.56 Å². The van der Waals surface area contributed by atoms with E-state index < -0.39 is 0 Å². The number of benzene rings is 5. The molecule has 0 fully saturated rings. The molecule has 0 bridgehead atoms. The number of aromatic nitrogens is 3. The zero-order valence-electron chi connectivity index (χ0n) is 24.8. The average molecular weight is 587 g/mol. The Bertz CT molecular complexity index is 2350. The Morgan fingerprint density at radius 2 is 1.00 bits per heavy atom. The molecule has 0 aliphatic rings. The fourth-order valence-electron chi connectivity index (χ4n) is 6.04. The summed E-state index contributed by atoms with van der Waals surface area (Å²) < 4.78 is 0. The van der Waals surface area contributed by atoms with Crippen LogP contribution in [0.2, 0.25) is 0 Å². The van der Waals surface area contributed by atoms with Gasteiger partial charge in [-0.3, -0.25) is 9.97 Å². The molecule has 0 aliphatic heterocycles. The Kier molecular flexibility index (Phi) is 6.83. The van der Waals surface area contributed by atoms with Gasteiger partial charge in [-0.05, 0) is 128 Å². The van der Waals surface area contributed by atoms with E-state index in [4.69, 9.17) is 4.98 Å². The Hall–Kier alpha value is -6.44. The predicted octanol–water partition coefficient (Wildman–Crippen LogP) is 10.4. The van der Waals surface area contributed by atoms with Crippen LogP contribution in [0, 0.1) is 11.3 Å². The van der Waals surface area contributed by atoms with Crippen LogP contribution < -0.4 is 0 Å². The molecular formula is C42H26N4. The third kappa shape index (κ3) is 5.17. The van der Waals surface area contributed by atoms with Crippen LogP contribution in [0.4, 0.5) is 0 Å². The van der Waals surface area contributed by atoms with Crippen molar-refractivity contribution in [3.05, 3.63) is 164 Å². The van der Waals surface area contributed by atoms with Gasteiger partial charge in [0.25, 0.3) is 0 Å². The van der Waals surface area contributed by atoms with Gasteiger partial charge in [-0.2, -0.15) is 5.26 Å². The maximum Gasteiger partial charge on any atom is 0.0991 e. The van der Waals surface area contributed by atoms with Crippen molar-refractivity contribution in [2.45, 2.75) is 0 Å². The van der Waals surface area contributed by atoms with Crippen molar-refractivity contribution >= 4 is 21.5 Å². The van der Waals surface area contributed by atoms with Crippen LogP contribution in [0.25, 0.3) is 77.7 Å². The molecule has 8 aromatic rings. The van der Waals surface area contributed by atoms with Gasteiger partial charge in [0, 0.05) is 12.4 Å². The number of hydrogen-bond donors (Lipinski definition) is 0. The number of nitriles is 1. The van der Waals surface area contributed by atoms with Gasteiger partial charge >= 0.3 is 0 Å². The van der Waals surface area contributed by atoms with E-state index in [2.05, 4.69) is 101 Å². The minimum atomic E-state index is 0.660. The number of nitrogens with zero attached hydrogens (tertiary/aromatic N) is 4. The van der Waals surface area contributed by atoms with Gasteiger partial charge in [-0.1, -0.05) is 72.8 Å². The quantitative estimate of drug-likeness (QED) is 0.201. The predicted molar refractivity (Wildman–Crippen MR) is 187 cm³/mol. The molecule has 3 aromatic heterocycles. The van der Waals surface area contributed by atoms with E-state index in [-0.39, 0.29) is 0 Å². The summed E-state index contributed by atoms with van der Waals surface area (Å²) in [7, 11) is 0. The van der Waals surface area contributed by atoms with Crippen LogP contribution >= 0.6 is 0 Å². The van der Waals surface area contributed by atoms with Crippen LogP contribution in [-0.2, 0) is 0 Å². The molecule has 8 rings (SSSR count). The second-order valence-corrected chi connectivity index (χ2v) is 11.3. The molecule has 0 spiro atoms. The molecule has 4 nitrogen and oxygen atoms in total. The fraction of sp³-hybridized carbons (Fsp3) is 0. The van der Waals surface area contributed by atoms with Crippen LogP contribution in [0.5, 0.6) is 0 Å². The molecule has 214 valence electrons. The molecule has 3 heterocycles. The molecular weight excluding hydrogens is 560 g/mol. The highest BCUT2D eigenvalue weighted by molar-refractivity contribution is 6.01. The standard InChI is InChI=1S/C42H26N4/c43-27-28-11-13-29(14-12-28)31-17-15-30-16-18-32(22-34(30)21-31)35-23-33-7-1-2-8-37(33)38(24-35)36-25-41(39-9-3-5-19-44-39)46-42(26-36)40-10-4-6-20-45-40/h1-26H. The first kappa shape index (κ1) is 27.1. The zero-order valence-corrected chi connectivity index (χ0v) is 24.8. The SMILES string of the molecule is N#Cc1ccc(-c2ccc3ccc(-c4cc(-c5cc(-c6ccccn6)nc(-c6ccccn6)c5)c5ccccc5c4)cc3c2)cc1. The van der Waals surface area contributed by atoms with Crippen molar-refractivity contribution in [3.8, 4) is 62.2 Å². The number of fused-ring (bicyclic) bond motifs is 2. The molecule has 0 N–H and O–H groups in total. The summed E-state index contributed by atoms with van der Waals surface area (Å²) in [5, 5.41) is 13.9. The van der Waals surface area contributed by atoms with Gasteiger partial charge in [0.1, 0.15) is 0 Å². The maximum atomic E-state index is 9.21. The van der Waals surface area contributed by atoms with E-state index in [9.17, 15) is 5.26 Å². The van der Waals surface area contributed by atoms with Crippen LogP contribution in [0.1, 0.15) is 5.56 Å². The molecule has 0 radical (unpaired) electrons. The van der Waals surface area contributed by atoms with E-state index in [1.807, 2.05) is 60.7 Å². The maximum absolute atomic E-state index is 9.21. The van der Waals surface area contributed by atoms with E-state index >= 15 is 0 Å². The van der Waals surface area contributed by atoms with Gasteiger partial charge in [-0.15, -0.1) is 0 Å². The van der Waals surface area contributed by atoms with Crippen molar-refractivity contribution < 1.29 is 0 Å². The lowest BCUT2D eigenvalue weighted by Crippen LogP contribution is -1.94. The lowest BCUT2D eigenvalue weighted by Gasteiger charge is -2.14. The highest BCUT2D eigenvalue weighted by Gasteiger charge is 2.14. The Labute approximate surface area is 266 Å². The number of hydrogen-bond acceptors (Lipinski definition) is 4. The highest BCUT2D eigenvalue weighted by atomic mass is 14.8. The van der Waals surface area contributed by atoms with E-state index in [1.165, 1.54) is 10.8 Å². The lowest BCUT2D eigenvalue weighted by atomic mass is 9.91. The Morgan fingerprint density at radius 1 is 0.413 bits per heavy atom. The van der Waals surface area contributed by atoms with Crippen LogP contribution in [0.3, 0.4) is 0 Å². The Morgan fingerprint density at radius 3 is 1.63 bits per heavy atom. The van der Waals surface area contributed by atoms with Crippen molar-refractivity contribution in [1.82, 2.24) is 15.0 Å². The summed E-state index contributed by atoms with van der Waals surface area (Å²) in [6.45, 7) is 0. The third-order valence-corrected chi connectivity index (χ3v) is 8.37. The van der Waals surface area contributed by atoms with Gasteiger partial charge in [-0.25, -0.2) is 4.98 Å². The molecule has 0 amide bonds. The molecule has 4 heteroatoms. The molecule has 5 aromatic carbocycles. The van der Waals surface area contributed by atoms with Crippen molar-refractivity contribution in [2.75, 3.05) is 0 Å². The third-order valence-electron chi connectivity index (χ3n) is 8.37. The minimum absolute atomic E-state index is 0.660. The molecule has 0 unspecified atom stereocenters. The molecule has 0 atom stereocenters. The van der Waals surface area contributed by atoms with Crippen molar-refractivity contribution in [2.24, 2.45) is 0 Å². The van der Waals surface area contributed by atoms with Crippen LogP contribution in [0.15, 0.2) is 158 Å². The summed E-state index contributed by atoms with van der Waals surface area (Å²) in [5.41, 5.74) is 10.5. The summed E-state index contributed by atoms with van der Waals surface area (Å²) in [6.07, 6.45) is 3.60. The smallest absolute Gasteiger partial charge is 0.0991 e. The molecule has 0 saturated heterocycles. The number of rotatable bonds is 5. The van der Waals surface area contributed by atoms with Gasteiger partial charge < -0.3 is 0 Å². The first-order valence-electron chi connectivity index (χ1n) is 15.1. The zero-order chi connectivity index (χ0) is 30.9. The molecule has 0 saturated carbocycles. The largest absolute Gasteiger partial charge is 0.255 e.